The Hall–Kier alpha value is -2.17. The summed E-state index contributed by atoms with van der Waals surface area (Å²) in [4.78, 5) is 14.6. The van der Waals surface area contributed by atoms with Gasteiger partial charge in [-0.15, -0.1) is 0 Å². The first-order valence-corrected chi connectivity index (χ1v) is 9.20. The maximum atomic E-state index is 12.7. The van der Waals surface area contributed by atoms with Crippen LogP contribution < -0.4 is 5.32 Å². The molecule has 0 saturated carbocycles. The minimum absolute atomic E-state index is 0.0195. The van der Waals surface area contributed by atoms with Gasteiger partial charge in [0, 0.05) is 18.5 Å². The Kier molecular flexibility index (Phi) is 7.82. The van der Waals surface area contributed by atoms with Crippen molar-refractivity contribution in [3.63, 3.8) is 0 Å². The summed E-state index contributed by atoms with van der Waals surface area (Å²) in [6.07, 6.45) is 0. The molecule has 4 heteroatoms. The third-order valence-electron chi connectivity index (χ3n) is 4.62. The van der Waals surface area contributed by atoms with Crippen molar-refractivity contribution in [3.8, 4) is 0 Å². The molecule has 3 atom stereocenters. The van der Waals surface area contributed by atoms with E-state index < -0.39 is 0 Å². The average molecular weight is 354 g/mol. The molecule has 0 aromatic heterocycles. The lowest BCUT2D eigenvalue weighted by Gasteiger charge is -2.35. The summed E-state index contributed by atoms with van der Waals surface area (Å²) in [6.45, 7) is 5.13. The first-order chi connectivity index (χ1) is 12.5. The van der Waals surface area contributed by atoms with Crippen LogP contribution in [0.4, 0.5) is 0 Å². The van der Waals surface area contributed by atoms with Crippen LogP contribution in [-0.4, -0.2) is 43.7 Å². The van der Waals surface area contributed by atoms with E-state index in [4.69, 9.17) is 4.74 Å². The molecular weight excluding hydrogens is 324 g/mol. The van der Waals surface area contributed by atoms with Crippen molar-refractivity contribution in [3.05, 3.63) is 71.8 Å². The Labute approximate surface area is 157 Å². The zero-order valence-electron chi connectivity index (χ0n) is 16.2. The number of nitrogens with zero attached hydrogens (tertiary/aromatic N) is 1. The van der Waals surface area contributed by atoms with Gasteiger partial charge >= 0.3 is 5.97 Å². The lowest BCUT2D eigenvalue weighted by Crippen LogP contribution is -2.48. The molecule has 0 heterocycles. The van der Waals surface area contributed by atoms with Gasteiger partial charge < -0.3 is 10.1 Å². The van der Waals surface area contributed by atoms with E-state index in [0.29, 0.717) is 6.61 Å². The molecule has 0 fully saturated rings. The smallest absolute Gasteiger partial charge is 0.324 e. The largest absolute Gasteiger partial charge is 0.465 e. The molecule has 0 amide bonds. The summed E-state index contributed by atoms with van der Waals surface area (Å²) in [6, 6.07) is 20.2. The number of nitrogens with one attached hydrogen (secondary N) is 1. The van der Waals surface area contributed by atoms with Gasteiger partial charge in [0.05, 0.1) is 6.61 Å². The molecule has 1 N–H and O–H groups in total. The van der Waals surface area contributed by atoms with E-state index in [9.17, 15) is 4.79 Å². The predicted octanol–water partition coefficient (Wildman–Crippen LogP) is 3.44. The van der Waals surface area contributed by atoms with E-state index in [-0.39, 0.29) is 24.0 Å². The highest BCUT2D eigenvalue weighted by Crippen LogP contribution is 2.27. The molecule has 140 valence electrons. The Morgan fingerprint density at radius 2 is 1.62 bits per heavy atom. The lowest BCUT2D eigenvalue weighted by atomic mass is 9.84. The van der Waals surface area contributed by atoms with Crippen molar-refractivity contribution < 1.29 is 9.53 Å². The maximum absolute atomic E-state index is 12.7. The van der Waals surface area contributed by atoms with Crippen LogP contribution in [0.5, 0.6) is 0 Å². The summed E-state index contributed by atoms with van der Waals surface area (Å²) in [5.41, 5.74) is 2.36. The third kappa shape index (κ3) is 5.41. The minimum atomic E-state index is -0.351. The highest BCUT2D eigenvalue weighted by Gasteiger charge is 2.36. The molecule has 0 unspecified atom stereocenters. The zero-order valence-corrected chi connectivity index (χ0v) is 16.2. The first kappa shape index (κ1) is 20.1. The van der Waals surface area contributed by atoms with E-state index in [0.717, 1.165) is 12.1 Å². The average Bonchev–Trinajstić information content (AvgIpc) is 2.65. The predicted molar refractivity (Wildman–Crippen MR) is 106 cm³/mol. The number of ether oxygens (including phenoxy) is 1. The zero-order chi connectivity index (χ0) is 18.9. The highest BCUT2D eigenvalue weighted by atomic mass is 16.5. The molecular formula is C22H30N2O2. The Morgan fingerprint density at radius 3 is 2.15 bits per heavy atom. The molecule has 4 nitrogen and oxygen atoms in total. The monoisotopic (exact) mass is 354 g/mol. The van der Waals surface area contributed by atoms with Gasteiger partial charge in [-0.2, -0.15) is 0 Å². The van der Waals surface area contributed by atoms with Crippen LogP contribution in [0.2, 0.25) is 0 Å². The summed E-state index contributed by atoms with van der Waals surface area (Å²) in [5, 5.41) is 3.60. The van der Waals surface area contributed by atoms with E-state index in [2.05, 4.69) is 36.5 Å². The van der Waals surface area contributed by atoms with Crippen LogP contribution in [0.3, 0.4) is 0 Å². The quantitative estimate of drug-likeness (QED) is 0.701. The molecule has 0 spiro atoms. The van der Waals surface area contributed by atoms with Crippen molar-refractivity contribution in [1.29, 1.82) is 0 Å². The number of carbonyl (C=O) groups is 1. The molecule has 0 bridgehead atoms. The maximum Gasteiger partial charge on any atom is 0.324 e. The molecule has 0 radical (unpaired) electrons. The van der Waals surface area contributed by atoms with Crippen molar-refractivity contribution >= 4 is 5.97 Å². The number of benzene rings is 2. The molecule has 2 aromatic carbocycles. The Bertz CT molecular complexity index is 658. The van der Waals surface area contributed by atoms with Gasteiger partial charge in [-0.1, -0.05) is 60.7 Å². The number of hydrogen-bond donors (Lipinski definition) is 1. The van der Waals surface area contributed by atoms with Crippen LogP contribution in [-0.2, 0) is 16.1 Å². The SMILES string of the molecule is CCOC(=O)[C@H]([C@@H](c1ccccc1)[C@@H](C)NCc1ccccc1)N(C)C. The summed E-state index contributed by atoms with van der Waals surface area (Å²) < 4.78 is 5.37. The molecule has 0 saturated heterocycles. The number of likely N-dealkylation sites (N-methyl/N-ethyl adjacent to an activating group) is 1. The lowest BCUT2D eigenvalue weighted by molar-refractivity contribution is -0.149. The van der Waals surface area contributed by atoms with E-state index in [1.54, 1.807) is 0 Å². The molecule has 2 aromatic rings. The van der Waals surface area contributed by atoms with Crippen LogP contribution in [0.25, 0.3) is 0 Å². The standard InChI is InChI=1S/C22H30N2O2/c1-5-26-22(25)21(24(3)4)20(19-14-10-7-11-15-19)17(2)23-16-18-12-8-6-9-13-18/h6-15,17,20-21,23H,5,16H2,1-4H3/t17-,20-,21+/m1/s1. The van der Waals surface area contributed by atoms with Crippen molar-refractivity contribution in [2.75, 3.05) is 20.7 Å². The van der Waals surface area contributed by atoms with Gasteiger partial charge in [0.2, 0.25) is 0 Å². The van der Waals surface area contributed by atoms with Crippen molar-refractivity contribution in [1.82, 2.24) is 10.2 Å². The van der Waals surface area contributed by atoms with Crippen LogP contribution in [0, 0.1) is 0 Å². The normalized spacial score (nSPS) is 14.7. The first-order valence-electron chi connectivity index (χ1n) is 9.20. The van der Waals surface area contributed by atoms with Gasteiger partial charge in [-0.05, 0) is 39.1 Å². The topological polar surface area (TPSA) is 41.6 Å². The second-order valence-corrected chi connectivity index (χ2v) is 6.75. The minimum Gasteiger partial charge on any atom is -0.465 e. The van der Waals surface area contributed by atoms with Crippen LogP contribution >= 0.6 is 0 Å². The molecule has 2 rings (SSSR count). The van der Waals surface area contributed by atoms with Crippen molar-refractivity contribution in [2.24, 2.45) is 0 Å². The molecule has 0 aliphatic carbocycles. The summed E-state index contributed by atoms with van der Waals surface area (Å²) in [5.74, 6) is -0.200. The van der Waals surface area contributed by atoms with E-state index in [1.165, 1.54) is 5.56 Å². The second-order valence-electron chi connectivity index (χ2n) is 6.75. The number of rotatable bonds is 9. The number of esters is 1. The van der Waals surface area contributed by atoms with Crippen molar-refractivity contribution in [2.45, 2.75) is 38.4 Å². The van der Waals surface area contributed by atoms with Gasteiger partial charge in [-0.25, -0.2) is 0 Å². The summed E-state index contributed by atoms with van der Waals surface area (Å²) in [7, 11) is 3.86. The van der Waals surface area contributed by atoms with Crippen LogP contribution in [0.1, 0.15) is 30.9 Å². The van der Waals surface area contributed by atoms with Gasteiger partial charge in [-0.3, -0.25) is 9.69 Å². The fraction of sp³-hybridized carbons (Fsp3) is 0.409. The van der Waals surface area contributed by atoms with E-state index >= 15 is 0 Å². The molecule has 26 heavy (non-hydrogen) atoms. The number of carbonyl (C=O) groups excluding carboxylic acids is 1. The molecule has 0 aliphatic heterocycles. The Morgan fingerprint density at radius 1 is 1.04 bits per heavy atom. The number of hydrogen-bond acceptors (Lipinski definition) is 4. The Balaban J connectivity index is 2.26. The van der Waals surface area contributed by atoms with E-state index in [1.807, 2.05) is 62.3 Å². The third-order valence-corrected chi connectivity index (χ3v) is 4.62. The second kappa shape index (κ2) is 10.1. The van der Waals surface area contributed by atoms with Gasteiger partial charge in [0.15, 0.2) is 0 Å². The van der Waals surface area contributed by atoms with Gasteiger partial charge in [0.25, 0.3) is 0 Å². The highest BCUT2D eigenvalue weighted by molar-refractivity contribution is 5.77. The fourth-order valence-electron chi connectivity index (χ4n) is 3.33. The van der Waals surface area contributed by atoms with Crippen LogP contribution in [0.15, 0.2) is 60.7 Å². The fourth-order valence-corrected chi connectivity index (χ4v) is 3.33. The van der Waals surface area contributed by atoms with Gasteiger partial charge in [0.1, 0.15) is 6.04 Å². The molecule has 0 aliphatic rings. The summed E-state index contributed by atoms with van der Waals surface area (Å²) >= 11 is 0.